The van der Waals surface area contributed by atoms with Crippen LogP contribution in [-0.2, 0) is 11.2 Å². The van der Waals surface area contributed by atoms with E-state index in [1.807, 2.05) is 17.0 Å². The predicted molar refractivity (Wildman–Crippen MR) is 93.3 cm³/mol. The molecule has 2 aromatic rings. The fraction of sp³-hybridized carbons (Fsp3) is 0.250. The molecule has 0 saturated heterocycles. The molecule has 3 rings (SSSR count). The first kappa shape index (κ1) is 15.6. The van der Waals surface area contributed by atoms with Crippen molar-refractivity contribution in [1.29, 1.82) is 0 Å². The number of aryl methyl sites for hydroxylation is 1. The molecule has 1 heterocycles. The molecule has 0 N–H and O–H groups in total. The van der Waals surface area contributed by atoms with Crippen molar-refractivity contribution in [2.45, 2.75) is 26.3 Å². The van der Waals surface area contributed by atoms with Crippen LogP contribution in [0.2, 0.25) is 5.02 Å². The van der Waals surface area contributed by atoms with Crippen LogP contribution in [0.4, 0.5) is 0 Å². The molecule has 0 radical (unpaired) electrons. The molecule has 1 unspecified atom stereocenters. The summed E-state index contributed by atoms with van der Waals surface area (Å²) in [6.45, 7) is 4.88. The van der Waals surface area contributed by atoms with Crippen LogP contribution in [0.5, 0.6) is 0 Å². The van der Waals surface area contributed by atoms with Crippen LogP contribution in [0.3, 0.4) is 0 Å². The normalized spacial score (nSPS) is 16.3. The second-order valence-electron chi connectivity index (χ2n) is 5.83. The SMILES string of the molecule is Cc1cccc2c1C(C)N(C(=O)C#Cc1cccc(Cl)c1)CC2. The maximum absolute atomic E-state index is 12.5. The molecule has 1 atom stereocenters. The predicted octanol–water partition coefficient (Wildman–Crippen LogP) is 4.15. The quantitative estimate of drug-likeness (QED) is 0.667. The highest BCUT2D eigenvalue weighted by Gasteiger charge is 2.27. The summed E-state index contributed by atoms with van der Waals surface area (Å²) in [5.74, 6) is 5.54. The lowest BCUT2D eigenvalue weighted by Gasteiger charge is -2.35. The minimum Gasteiger partial charge on any atom is -0.325 e. The summed E-state index contributed by atoms with van der Waals surface area (Å²) in [4.78, 5) is 14.4. The van der Waals surface area contributed by atoms with E-state index in [1.54, 1.807) is 12.1 Å². The highest BCUT2D eigenvalue weighted by Crippen LogP contribution is 2.31. The van der Waals surface area contributed by atoms with Crippen molar-refractivity contribution in [1.82, 2.24) is 4.90 Å². The molecule has 0 spiro atoms. The van der Waals surface area contributed by atoms with E-state index in [0.717, 1.165) is 12.0 Å². The van der Waals surface area contributed by atoms with Crippen molar-refractivity contribution < 1.29 is 4.79 Å². The van der Waals surface area contributed by atoms with Crippen LogP contribution in [0, 0.1) is 18.8 Å². The zero-order valence-corrected chi connectivity index (χ0v) is 14.0. The number of rotatable bonds is 0. The van der Waals surface area contributed by atoms with E-state index >= 15 is 0 Å². The van der Waals surface area contributed by atoms with E-state index < -0.39 is 0 Å². The molecule has 2 aromatic carbocycles. The smallest absolute Gasteiger partial charge is 0.299 e. The molecule has 1 aliphatic rings. The Morgan fingerprint density at radius 3 is 2.83 bits per heavy atom. The van der Waals surface area contributed by atoms with Gasteiger partial charge in [0.05, 0.1) is 6.04 Å². The zero-order valence-electron chi connectivity index (χ0n) is 13.3. The third-order valence-corrected chi connectivity index (χ3v) is 4.56. The maximum atomic E-state index is 12.5. The van der Waals surface area contributed by atoms with Crippen LogP contribution < -0.4 is 0 Å². The van der Waals surface area contributed by atoms with Crippen molar-refractivity contribution in [2.24, 2.45) is 0 Å². The van der Waals surface area contributed by atoms with Gasteiger partial charge in [-0.05, 0) is 55.2 Å². The summed E-state index contributed by atoms with van der Waals surface area (Å²) in [6.07, 6.45) is 0.881. The molecule has 1 amide bonds. The number of hydrogen-bond acceptors (Lipinski definition) is 1. The molecule has 3 heteroatoms. The van der Waals surface area contributed by atoms with Crippen LogP contribution in [-0.4, -0.2) is 17.4 Å². The monoisotopic (exact) mass is 323 g/mol. The molecule has 0 aliphatic carbocycles. The first-order valence-corrected chi connectivity index (χ1v) is 8.10. The van der Waals surface area contributed by atoms with Gasteiger partial charge in [-0.15, -0.1) is 0 Å². The number of benzene rings is 2. The van der Waals surface area contributed by atoms with Gasteiger partial charge in [-0.25, -0.2) is 0 Å². The Kier molecular flexibility index (Phi) is 4.41. The minimum atomic E-state index is -0.133. The van der Waals surface area contributed by atoms with Crippen LogP contribution in [0.25, 0.3) is 0 Å². The van der Waals surface area contributed by atoms with Gasteiger partial charge in [0.15, 0.2) is 0 Å². The van der Waals surface area contributed by atoms with Gasteiger partial charge in [0.1, 0.15) is 0 Å². The molecule has 116 valence electrons. The molecule has 0 bridgehead atoms. The number of hydrogen-bond donors (Lipinski definition) is 0. The second-order valence-corrected chi connectivity index (χ2v) is 6.27. The molecule has 1 aliphatic heterocycles. The number of nitrogens with zero attached hydrogens (tertiary/aromatic N) is 1. The fourth-order valence-corrected chi connectivity index (χ4v) is 3.38. The van der Waals surface area contributed by atoms with Gasteiger partial charge >= 0.3 is 0 Å². The van der Waals surface area contributed by atoms with Crippen LogP contribution in [0.15, 0.2) is 42.5 Å². The van der Waals surface area contributed by atoms with Crippen LogP contribution >= 0.6 is 11.6 Å². The Morgan fingerprint density at radius 2 is 2.04 bits per heavy atom. The van der Waals surface area contributed by atoms with E-state index in [9.17, 15) is 4.79 Å². The molecular weight excluding hydrogens is 306 g/mol. The lowest BCUT2D eigenvalue weighted by Crippen LogP contribution is -2.38. The summed E-state index contributed by atoms with van der Waals surface area (Å²) in [6, 6.07) is 13.6. The Hall–Kier alpha value is -2.24. The molecular formula is C20H18ClNO. The third kappa shape index (κ3) is 3.25. The Labute approximate surface area is 142 Å². The average molecular weight is 324 g/mol. The van der Waals surface area contributed by atoms with Crippen molar-refractivity contribution in [2.75, 3.05) is 6.54 Å². The molecule has 0 saturated carbocycles. The number of halogens is 1. The van der Waals surface area contributed by atoms with Gasteiger partial charge < -0.3 is 4.90 Å². The zero-order chi connectivity index (χ0) is 16.4. The number of carbonyl (C=O) groups excluding carboxylic acids is 1. The van der Waals surface area contributed by atoms with E-state index in [0.29, 0.717) is 11.6 Å². The van der Waals surface area contributed by atoms with Crippen LogP contribution in [0.1, 0.15) is 35.2 Å². The molecule has 0 aromatic heterocycles. The lowest BCUT2D eigenvalue weighted by molar-refractivity contribution is -0.127. The molecule has 23 heavy (non-hydrogen) atoms. The Balaban J connectivity index is 1.83. The third-order valence-electron chi connectivity index (χ3n) is 4.32. The number of amides is 1. The van der Waals surface area contributed by atoms with Crippen molar-refractivity contribution in [3.05, 3.63) is 69.7 Å². The maximum Gasteiger partial charge on any atom is 0.299 e. The van der Waals surface area contributed by atoms with Gasteiger partial charge in [0.2, 0.25) is 0 Å². The van der Waals surface area contributed by atoms with Gasteiger partial charge in [0.25, 0.3) is 5.91 Å². The topological polar surface area (TPSA) is 20.3 Å². The largest absolute Gasteiger partial charge is 0.325 e. The Bertz CT molecular complexity index is 816. The molecule has 2 nitrogen and oxygen atoms in total. The highest BCUT2D eigenvalue weighted by molar-refractivity contribution is 6.30. The standard InChI is InChI=1S/C20H18ClNO/c1-14-5-3-7-17-11-12-22(15(2)20(14)17)19(23)10-9-16-6-4-8-18(21)13-16/h3-8,13,15H,11-12H2,1-2H3. The van der Waals surface area contributed by atoms with Crippen molar-refractivity contribution in [3.8, 4) is 11.8 Å². The van der Waals surface area contributed by atoms with Gasteiger partial charge in [-0.1, -0.05) is 41.8 Å². The van der Waals surface area contributed by atoms with E-state index in [2.05, 4.69) is 43.9 Å². The first-order chi connectivity index (χ1) is 11.1. The summed E-state index contributed by atoms with van der Waals surface area (Å²) in [5.41, 5.74) is 4.59. The molecule has 0 fully saturated rings. The number of carbonyl (C=O) groups is 1. The van der Waals surface area contributed by atoms with Crippen molar-refractivity contribution >= 4 is 17.5 Å². The number of fused-ring (bicyclic) bond motifs is 1. The summed E-state index contributed by atoms with van der Waals surface area (Å²) >= 11 is 5.94. The fourth-order valence-electron chi connectivity index (χ4n) is 3.19. The van der Waals surface area contributed by atoms with Gasteiger partial charge in [-0.2, -0.15) is 0 Å². The summed E-state index contributed by atoms with van der Waals surface area (Å²) in [7, 11) is 0. The van der Waals surface area contributed by atoms with E-state index in [-0.39, 0.29) is 11.9 Å². The second kappa shape index (κ2) is 6.48. The van der Waals surface area contributed by atoms with Gasteiger partial charge in [0, 0.05) is 23.1 Å². The Morgan fingerprint density at radius 1 is 1.26 bits per heavy atom. The summed E-state index contributed by atoms with van der Waals surface area (Å²) in [5, 5.41) is 0.625. The van der Waals surface area contributed by atoms with E-state index in [1.165, 1.54) is 16.7 Å². The van der Waals surface area contributed by atoms with Gasteiger partial charge in [-0.3, -0.25) is 4.79 Å². The van der Waals surface area contributed by atoms with Crippen molar-refractivity contribution in [3.63, 3.8) is 0 Å². The lowest BCUT2D eigenvalue weighted by atomic mass is 9.90. The van der Waals surface area contributed by atoms with E-state index in [4.69, 9.17) is 11.6 Å². The summed E-state index contributed by atoms with van der Waals surface area (Å²) < 4.78 is 0. The highest BCUT2D eigenvalue weighted by atomic mass is 35.5. The average Bonchev–Trinajstić information content (AvgIpc) is 2.53. The minimum absolute atomic E-state index is 0.0566. The first-order valence-electron chi connectivity index (χ1n) is 7.73.